The van der Waals surface area contributed by atoms with Crippen molar-refractivity contribution in [2.24, 2.45) is 5.92 Å². The second-order valence-corrected chi connectivity index (χ2v) is 20.0. The molecule has 3 aliphatic heterocycles. The Hall–Kier alpha value is -6.75. The van der Waals surface area contributed by atoms with E-state index in [2.05, 4.69) is 16.4 Å². The molecular formula is C54H59N7O9S2. The number of nitrogens with one attached hydrogen (secondary N) is 1. The van der Waals surface area contributed by atoms with E-state index in [1.807, 2.05) is 88.0 Å². The van der Waals surface area contributed by atoms with E-state index < -0.39 is 29.6 Å². The van der Waals surface area contributed by atoms with Gasteiger partial charge in [-0.05, 0) is 123 Å². The lowest BCUT2D eigenvalue weighted by atomic mass is 10.0. The molecule has 0 radical (unpaired) electrons. The number of likely N-dealkylation sites (tertiary alicyclic amines) is 1. The summed E-state index contributed by atoms with van der Waals surface area (Å²) >= 11 is 7.28. The quantitative estimate of drug-likeness (QED) is 0.0537. The number of aliphatic hydroxyl groups excluding tert-OH is 1. The molecule has 16 nitrogen and oxygen atoms in total. The number of hydrogen-bond donors (Lipinski definition) is 2. The molecule has 3 aliphatic rings. The fourth-order valence-electron chi connectivity index (χ4n) is 9.30. The summed E-state index contributed by atoms with van der Waals surface area (Å²) in [6.45, 7) is 12.1. The van der Waals surface area contributed by atoms with Crippen LogP contribution in [0, 0.1) is 24.2 Å². The maximum Gasteiger partial charge on any atom is 0.259 e. The average molecular weight is 1010 g/mol. The Kier molecular flexibility index (Phi) is 16.3. The summed E-state index contributed by atoms with van der Waals surface area (Å²) in [5.41, 5.74) is 6.29. The van der Waals surface area contributed by atoms with Gasteiger partial charge in [0.2, 0.25) is 11.8 Å². The van der Waals surface area contributed by atoms with Crippen LogP contribution < -0.4 is 24.6 Å². The van der Waals surface area contributed by atoms with E-state index in [1.165, 1.54) is 21.1 Å². The van der Waals surface area contributed by atoms with Gasteiger partial charge in [0.25, 0.3) is 11.8 Å². The van der Waals surface area contributed by atoms with E-state index in [0.29, 0.717) is 98.1 Å². The van der Waals surface area contributed by atoms with E-state index in [0.717, 1.165) is 27.4 Å². The Morgan fingerprint density at radius 3 is 2.29 bits per heavy atom. The van der Waals surface area contributed by atoms with Gasteiger partial charge in [-0.15, -0.1) is 11.3 Å². The summed E-state index contributed by atoms with van der Waals surface area (Å²) in [6.07, 6.45) is 0.402. The molecule has 4 amide bonds. The van der Waals surface area contributed by atoms with Crippen LogP contribution in [0.5, 0.6) is 11.5 Å². The molecule has 1 unspecified atom stereocenters. The van der Waals surface area contributed by atoms with Crippen molar-refractivity contribution in [1.29, 1.82) is 5.26 Å². The molecule has 18 heteroatoms. The minimum Gasteiger partial charge on any atom is -0.491 e. The van der Waals surface area contributed by atoms with Crippen molar-refractivity contribution in [2.45, 2.75) is 84.2 Å². The number of fused-ring (bicyclic) bond motifs is 1. The smallest absolute Gasteiger partial charge is 0.259 e. The number of nitrogens with zero attached hydrogens (tertiary/aromatic N) is 6. The molecule has 5 aromatic rings. The fourth-order valence-corrected chi connectivity index (χ4v) is 10.6. The zero-order valence-corrected chi connectivity index (χ0v) is 42.7. The molecule has 4 heterocycles. The molecular weight excluding hydrogens is 955 g/mol. The summed E-state index contributed by atoms with van der Waals surface area (Å²) in [5, 5.41) is 23.3. The topological polar surface area (TPSA) is 187 Å². The van der Waals surface area contributed by atoms with Gasteiger partial charge in [-0.1, -0.05) is 38.1 Å². The number of nitriles is 1. The van der Waals surface area contributed by atoms with E-state index in [9.17, 15) is 29.5 Å². The van der Waals surface area contributed by atoms with Gasteiger partial charge in [0, 0.05) is 57.0 Å². The van der Waals surface area contributed by atoms with Crippen molar-refractivity contribution in [3.05, 3.63) is 119 Å². The van der Waals surface area contributed by atoms with E-state index >= 15 is 0 Å². The van der Waals surface area contributed by atoms with Crippen LogP contribution in [0.4, 0.5) is 17.1 Å². The van der Waals surface area contributed by atoms with Crippen LogP contribution in [0.25, 0.3) is 10.4 Å². The number of amides is 4. The lowest BCUT2D eigenvalue weighted by Gasteiger charge is -2.35. The third kappa shape index (κ3) is 11.2. The highest BCUT2D eigenvalue weighted by Crippen LogP contribution is 2.38. The minimum absolute atomic E-state index is 0.0247. The normalized spacial score (nSPS) is 17.7. The summed E-state index contributed by atoms with van der Waals surface area (Å²) in [5.74, 6) is -0.373. The maximum absolute atomic E-state index is 14.3. The SMILES string of the molecule is Cc1ncsc1-c1ccc(NC(=O)C2C[C@@H](O)CN2C(=O)[C@H](C(C)C)N2Cc3ccccc3C2=O)c(OCCCOCCCOCCOc2ccc(N3C(=S)N(c4ccc(C#N)cc4)C(=O)C3(C)C)cc2)c1. The Bertz CT molecular complexity index is 2830. The van der Waals surface area contributed by atoms with Crippen molar-refractivity contribution in [2.75, 3.05) is 61.3 Å². The first-order valence-electron chi connectivity index (χ1n) is 24.1. The zero-order chi connectivity index (χ0) is 51.1. The van der Waals surface area contributed by atoms with E-state index in [1.54, 1.807) is 52.9 Å². The van der Waals surface area contributed by atoms with Crippen LogP contribution >= 0.6 is 23.6 Å². The number of anilines is 3. The zero-order valence-electron chi connectivity index (χ0n) is 41.0. The number of carbonyl (C=O) groups is 4. The third-order valence-electron chi connectivity index (χ3n) is 13.0. The number of aryl methyl sites for hydroxylation is 1. The number of ether oxygens (including phenoxy) is 4. The predicted molar refractivity (Wildman–Crippen MR) is 278 cm³/mol. The predicted octanol–water partition coefficient (Wildman–Crippen LogP) is 7.76. The van der Waals surface area contributed by atoms with Crippen LogP contribution in [0.15, 0.2) is 96.5 Å². The molecule has 72 heavy (non-hydrogen) atoms. The van der Waals surface area contributed by atoms with Gasteiger partial charge in [-0.2, -0.15) is 5.26 Å². The van der Waals surface area contributed by atoms with Gasteiger partial charge >= 0.3 is 0 Å². The van der Waals surface area contributed by atoms with Crippen molar-refractivity contribution in [1.82, 2.24) is 14.8 Å². The number of hydrogen-bond acceptors (Lipinski definition) is 13. The average Bonchev–Trinajstić information content (AvgIpc) is 4.12. The molecule has 0 bridgehead atoms. The summed E-state index contributed by atoms with van der Waals surface area (Å²) in [7, 11) is 0. The number of aliphatic hydroxyl groups is 1. The molecule has 2 saturated heterocycles. The van der Waals surface area contributed by atoms with E-state index in [4.69, 9.17) is 31.2 Å². The minimum atomic E-state index is -0.966. The van der Waals surface area contributed by atoms with Gasteiger partial charge in [-0.25, -0.2) is 4.98 Å². The highest BCUT2D eigenvalue weighted by atomic mass is 32.1. The third-order valence-corrected chi connectivity index (χ3v) is 14.3. The molecule has 2 N–H and O–H groups in total. The Labute approximate surface area is 429 Å². The summed E-state index contributed by atoms with van der Waals surface area (Å²) in [6, 6.07) is 27.3. The molecule has 0 spiro atoms. The first-order valence-corrected chi connectivity index (χ1v) is 25.4. The second-order valence-electron chi connectivity index (χ2n) is 18.7. The molecule has 8 rings (SSSR count). The highest BCUT2D eigenvalue weighted by molar-refractivity contribution is 7.81. The lowest BCUT2D eigenvalue weighted by molar-refractivity contribution is -0.142. The van der Waals surface area contributed by atoms with Crippen LogP contribution in [-0.2, 0) is 30.4 Å². The van der Waals surface area contributed by atoms with Crippen molar-refractivity contribution in [3.8, 4) is 28.0 Å². The standard InChI is InChI=1S/C54H59N7O9S2/c1-34(2)47(59-31-38-10-6-7-11-43(38)50(59)64)51(65)58-32-41(62)29-45(58)49(63)57-44-21-14-37(48-35(3)56-33-72-48)28-46(44)70-25-9-24-67-22-8-23-68-26-27-69-42-19-17-40(18-20-42)61-53(71)60(52(66)54(61,4)5)39-15-12-36(30-55)13-16-39/h6-7,10-21,28,33-34,41,45,47,62H,8-9,22-27,29,31-32H2,1-5H3,(H,57,63)/t41-,45?,47+/m1/s1. The second kappa shape index (κ2) is 22.8. The molecule has 2 fully saturated rings. The molecule has 3 atom stereocenters. The van der Waals surface area contributed by atoms with Crippen LogP contribution in [-0.4, -0.2) is 119 Å². The number of β-amino-alcohol motifs (C(OH)–C–C–N with tert-alkyl or cyclic N) is 1. The van der Waals surface area contributed by atoms with Crippen molar-refractivity contribution >= 4 is 69.4 Å². The van der Waals surface area contributed by atoms with Gasteiger partial charge in [-0.3, -0.25) is 24.1 Å². The number of thiazole rings is 1. The molecule has 0 saturated carbocycles. The first-order chi connectivity index (χ1) is 34.7. The summed E-state index contributed by atoms with van der Waals surface area (Å²) < 4.78 is 23.8. The number of rotatable bonds is 21. The van der Waals surface area contributed by atoms with Gasteiger partial charge < -0.3 is 44.1 Å². The van der Waals surface area contributed by atoms with Gasteiger partial charge in [0.15, 0.2) is 5.11 Å². The van der Waals surface area contributed by atoms with Gasteiger partial charge in [0.1, 0.15) is 35.7 Å². The van der Waals surface area contributed by atoms with Crippen LogP contribution in [0.1, 0.15) is 74.1 Å². The lowest BCUT2D eigenvalue weighted by Crippen LogP contribution is -2.54. The number of benzene rings is 4. The Morgan fingerprint density at radius 2 is 1.61 bits per heavy atom. The Balaban J connectivity index is 0.774. The number of thiocarbonyl (C=S) groups is 1. The number of carbonyl (C=O) groups excluding carboxylic acids is 4. The molecule has 376 valence electrons. The van der Waals surface area contributed by atoms with Crippen molar-refractivity contribution < 1.29 is 43.2 Å². The van der Waals surface area contributed by atoms with Crippen LogP contribution in [0.2, 0.25) is 0 Å². The fraction of sp³-hybridized carbons (Fsp3) is 0.389. The monoisotopic (exact) mass is 1010 g/mol. The largest absolute Gasteiger partial charge is 0.491 e. The molecule has 0 aliphatic carbocycles. The highest BCUT2D eigenvalue weighted by Gasteiger charge is 2.50. The Morgan fingerprint density at radius 1 is 0.917 bits per heavy atom. The van der Waals surface area contributed by atoms with E-state index in [-0.39, 0.29) is 36.6 Å². The van der Waals surface area contributed by atoms with Gasteiger partial charge in [0.05, 0.1) is 58.4 Å². The van der Waals surface area contributed by atoms with Crippen molar-refractivity contribution in [3.63, 3.8) is 0 Å². The maximum atomic E-state index is 14.3. The molecule has 4 aromatic carbocycles. The first kappa shape index (κ1) is 51.6. The molecule has 1 aromatic heterocycles. The summed E-state index contributed by atoms with van der Waals surface area (Å²) in [4.78, 5) is 67.1. The van der Waals surface area contributed by atoms with Crippen LogP contribution in [0.3, 0.4) is 0 Å². The number of aromatic nitrogens is 1.